The summed E-state index contributed by atoms with van der Waals surface area (Å²) < 4.78 is 7.42. The summed E-state index contributed by atoms with van der Waals surface area (Å²) in [6.45, 7) is 1.33. The number of nitrogens with zero attached hydrogens (tertiary/aromatic N) is 1. The van der Waals surface area contributed by atoms with E-state index in [1.54, 1.807) is 4.57 Å². The van der Waals surface area contributed by atoms with Gasteiger partial charge in [-0.1, -0.05) is 29.8 Å². The van der Waals surface area contributed by atoms with Crippen molar-refractivity contribution in [1.82, 2.24) is 4.57 Å². The third kappa shape index (κ3) is 3.93. The second-order valence-electron chi connectivity index (χ2n) is 5.41. The highest BCUT2D eigenvalue weighted by Gasteiger charge is 2.02. The highest BCUT2D eigenvalue weighted by atomic mass is 35.5. The Kier molecular flexibility index (Phi) is 4.99. The van der Waals surface area contributed by atoms with Gasteiger partial charge in [-0.05, 0) is 54.6 Å². The van der Waals surface area contributed by atoms with Crippen LogP contribution >= 0.6 is 11.6 Å². The van der Waals surface area contributed by atoms with Crippen molar-refractivity contribution in [2.24, 2.45) is 0 Å². The maximum atomic E-state index is 12.4. The number of aryl methyl sites for hydroxylation is 1. The number of unbranched alkanes of at least 4 members (excludes halogenated alkanes) is 1. The first-order valence-corrected chi connectivity index (χ1v) is 8.08. The maximum absolute atomic E-state index is 12.4. The van der Waals surface area contributed by atoms with Crippen LogP contribution in [-0.4, -0.2) is 11.2 Å². The van der Waals surface area contributed by atoms with Gasteiger partial charge in [0.15, 0.2) is 0 Å². The molecule has 0 bridgehead atoms. The van der Waals surface area contributed by atoms with Gasteiger partial charge in [-0.25, -0.2) is 0 Å². The first kappa shape index (κ1) is 15.6. The largest absolute Gasteiger partial charge is 0.494 e. The average Bonchev–Trinajstić information content (AvgIpc) is 2.58. The second-order valence-corrected chi connectivity index (χ2v) is 5.85. The Bertz CT molecular complexity index is 840. The minimum absolute atomic E-state index is 0.0710. The van der Waals surface area contributed by atoms with Gasteiger partial charge in [0, 0.05) is 23.2 Å². The minimum Gasteiger partial charge on any atom is -0.494 e. The molecule has 0 atom stereocenters. The van der Waals surface area contributed by atoms with Crippen molar-refractivity contribution in [3.8, 4) is 5.75 Å². The van der Waals surface area contributed by atoms with E-state index in [0.717, 1.165) is 29.4 Å². The van der Waals surface area contributed by atoms with E-state index < -0.39 is 0 Å². The summed E-state index contributed by atoms with van der Waals surface area (Å²) in [6.07, 6.45) is 3.65. The molecule has 0 aliphatic heterocycles. The van der Waals surface area contributed by atoms with E-state index in [9.17, 15) is 4.79 Å². The van der Waals surface area contributed by atoms with Crippen LogP contribution in [0.15, 0.2) is 65.6 Å². The third-order valence-corrected chi connectivity index (χ3v) is 4.01. The van der Waals surface area contributed by atoms with Gasteiger partial charge < -0.3 is 9.30 Å². The van der Waals surface area contributed by atoms with Crippen LogP contribution in [0, 0.1) is 0 Å². The number of benzene rings is 2. The SMILES string of the molecule is O=c1c2ccccc2ccn1CCCCOc1ccc(Cl)cc1. The van der Waals surface area contributed by atoms with Crippen molar-refractivity contribution in [2.45, 2.75) is 19.4 Å². The van der Waals surface area contributed by atoms with E-state index in [2.05, 4.69) is 0 Å². The molecule has 0 aliphatic rings. The Labute approximate surface area is 140 Å². The van der Waals surface area contributed by atoms with Crippen LogP contribution in [0.2, 0.25) is 5.02 Å². The van der Waals surface area contributed by atoms with Crippen LogP contribution in [0.4, 0.5) is 0 Å². The second kappa shape index (κ2) is 7.34. The molecule has 0 saturated carbocycles. The van der Waals surface area contributed by atoms with E-state index in [0.29, 0.717) is 18.2 Å². The molecular weight excluding hydrogens is 310 g/mol. The lowest BCUT2D eigenvalue weighted by atomic mass is 10.2. The Morgan fingerprint density at radius 1 is 0.957 bits per heavy atom. The Hall–Kier alpha value is -2.26. The molecule has 0 amide bonds. The molecular formula is C19H18ClNO2. The highest BCUT2D eigenvalue weighted by molar-refractivity contribution is 6.30. The molecule has 1 heterocycles. The molecule has 0 unspecified atom stereocenters. The van der Waals surface area contributed by atoms with Gasteiger partial charge in [0.2, 0.25) is 0 Å². The first-order valence-electron chi connectivity index (χ1n) is 7.70. The molecule has 118 valence electrons. The molecule has 4 heteroatoms. The van der Waals surface area contributed by atoms with Crippen LogP contribution in [0.1, 0.15) is 12.8 Å². The third-order valence-electron chi connectivity index (χ3n) is 3.76. The summed E-state index contributed by atoms with van der Waals surface area (Å²) in [5.74, 6) is 0.817. The molecule has 0 N–H and O–H groups in total. The van der Waals surface area contributed by atoms with Gasteiger partial charge in [-0.2, -0.15) is 0 Å². The Morgan fingerprint density at radius 3 is 2.57 bits per heavy atom. The molecule has 0 radical (unpaired) electrons. The summed E-state index contributed by atoms with van der Waals surface area (Å²) in [6, 6.07) is 17.0. The summed E-state index contributed by atoms with van der Waals surface area (Å²) in [4.78, 5) is 12.4. The Morgan fingerprint density at radius 2 is 1.74 bits per heavy atom. The van der Waals surface area contributed by atoms with Crippen LogP contribution < -0.4 is 10.3 Å². The number of rotatable bonds is 6. The van der Waals surface area contributed by atoms with E-state index in [1.807, 2.05) is 60.8 Å². The van der Waals surface area contributed by atoms with Crippen molar-refractivity contribution in [3.63, 3.8) is 0 Å². The van der Waals surface area contributed by atoms with E-state index in [4.69, 9.17) is 16.3 Å². The number of pyridine rings is 1. The Balaban J connectivity index is 1.52. The summed E-state index contributed by atoms with van der Waals surface area (Å²) >= 11 is 5.83. The number of hydrogen-bond donors (Lipinski definition) is 0. The fourth-order valence-electron chi connectivity index (χ4n) is 2.51. The van der Waals surface area contributed by atoms with E-state index in [1.165, 1.54) is 0 Å². The fourth-order valence-corrected chi connectivity index (χ4v) is 2.64. The lowest BCUT2D eigenvalue weighted by molar-refractivity contribution is 0.303. The molecule has 23 heavy (non-hydrogen) atoms. The topological polar surface area (TPSA) is 31.2 Å². The highest BCUT2D eigenvalue weighted by Crippen LogP contribution is 2.15. The van der Waals surface area contributed by atoms with Crippen molar-refractivity contribution < 1.29 is 4.74 Å². The zero-order valence-corrected chi connectivity index (χ0v) is 13.5. The first-order chi connectivity index (χ1) is 11.2. The summed E-state index contributed by atoms with van der Waals surface area (Å²) in [5, 5.41) is 2.46. The van der Waals surface area contributed by atoms with Gasteiger partial charge in [-0.15, -0.1) is 0 Å². The van der Waals surface area contributed by atoms with Crippen molar-refractivity contribution in [3.05, 3.63) is 76.2 Å². The molecule has 0 spiro atoms. The van der Waals surface area contributed by atoms with Crippen molar-refractivity contribution in [2.75, 3.05) is 6.61 Å². The molecule has 0 aliphatic carbocycles. The molecule has 3 rings (SSSR count). The van der Waals surface area contributed by atoms with Gasteiger partial charge >= 0.3 is 0 Å². The molecule has 0 saturated heterocycles. The molecule has 2 aromatic carbocycles. The molecule has 1 aromatic heterocycles. The lowest BCUT2D eigenvalue weighted by Crippen LogP contribution is -2.19. The van der Waals surface area contributed by atoms with Crippen molar-refractivity contribution in [1.29, 1.82) is 0 Å². The van der Waals surface area contributed by atoms with Crippen LogP contribution in [0.3, 0.4) is 0 Å². The fraction of sp³-hybridized carbons (Fsp3) is 0.211. The zero-order valence-electron chi connectivity index (χ0n) is 12.7. The van der Waals surface area contributed by atoms with Gasteiger partial charge in [0.25, 0.3) is 5.56 Å². The van der Waals surface area contributed by atoms with E-state index >= 15 is 0 Å². The predicted molar refractivity (Wildman–Crippen MR) is 94.4 cm³/mol. The quantitative estimate of drug-likeness (QED) is 0.623. The number of hydrogen-bond acceptors (Lipinski definition) is 2. The van der Waals surface area contributed by atoms with Crippen LogP contribution in [-0.2, 0) is 6.54 Å². The number of aromatic nitrogens is 1. The van der Waals surface area contributed by atoms with Crippen molar-refractivity contribution >= 4 is 22.4 Å². The van der Waals surface area contributed by atoms with Crippen LogP contribution in [0.5, 0.6) is 5.75 Å². The summed E-state index contributed by atoms with van der Waals surface area (Å²) in [5.41, 5.74) is 0.0710. The average molecular weight is 328 g/mol. The van der Waals surface area contributed by atoms with E-state index in [-0.39, 0.29) is 5.56 Å². The standard InChI is InChI=1S/C19H18ClNO2/c20-16-7-9-17(10-8-16)23-14-4-3-12-21-13-11-15-5-1-2-6-18(15)19(21)22/h1-2,5-11,13H,3-4,12,14H2. The number of halogens is 1. The monoisotopic (exact) mass is 327 g/mol. The zero-order chi connectivity index (χ0) is 16.1. The lowest BCUT2D eigenvalue weighted by Gasteiger charge is -2.08. The molecule has 3 aromatic rings. The molecule has 0 fully saturated rings. The van der Waals surface area contributed by atoms with Gasteiger partial charge in [0.1, 0.15) is 5.75 Å². The summed E-state index contributed by atoms with van der Waals surface area (Å²) in [7, 11) is 0. The maximum Gasteiger partial charge on any atom is 0.258 e. The predicted octanol–water partition coefficient (Wildman–Crippen LogP) is 4.51. The molecule has 3 nitrogen and oxygen atoms in total. The van der Waals surface area contributed by atoms with Crippen LogP contribution in [0.25, 0.3) is 10.8 Å². The smallest absolute Gasteiger partial charge is 0.258 e. The number of ether oxygens (including phenoxy) is 1. The van der Waals surface area contributed by atoms with Gasteiger partial charge in [0.05, 0.1) is 6.61 Å². The van der Waals surface area contributed by atoms with Gasteiger partial charge in [-0.3, -0.25) is 4.79 Å². The number of fused-ring (bicyclic) bond motifs is 1. The minimum atomic E-state index is 0.0710. The normalized spacial score (nSPS) is 10.8.